The van der Waals surface area contributed by atoms with Crippen molar-refractivity contribution >= 4 is 43.5 Å². The van der Waals surface area contributed by atoms with Crippen molar-refractivity contribution in [1.29, 1.82) is 0 Å². The fourth-order valence-corrected chi connectivity index (χ4v) is 3.48. The van der Waals surface area contributed by atoms with Crippen molar-refractivity contribution in [3.05, 3.63) is 55.7 Å². The summed E-state index contributed by atoms with van der Waals surface area (Å²) in [6.07, 6.45) is 1.79. The van der Waals surface area contributed by atoms with E-state index in [1.165, 1.54) is 0 Å². The Bertz CT molecular complexity index is 637. The fraction of sp³-hybridized carbons (Fsp3) is 0.267. The van der Waals surface area contributed by atoms with E-state index in [4.69, 9.17) is 16.3 Å². The lowest BCUT2D eigenvalue weighted by Gasteiger charge is -2.20. The maximum Gasteiger partial charge on any atom is 0.137 e. The summed E-state index contributed by atoms with van der Waals surface area (Å²) in [5, 5.41) is 4.04. The van der Waals surface area contributed by atoms with Gasteiger partial charge in [0.2, 0.25) is 0 Å². The first kappa shape index (κ1) is 16.7. The maximum absolute atomic E-state index is 6.10. The Labute approximate surface area is 146 Å². The number of nitrogens with one attached hydrogen (secondary N) is 1. The van der Waals surface area contributed by atoms with E-state index in [1.807, 2.05) is 24.3 Å². The molecule has 0 aliphatic rings. The molecule has 0 saturated heterocycles. The Kier molecular flexibility index (Phi) is 6.05. The van der Waals surface area contributed by atoms with Crippen LogP contribution in [0, 0.1) is 0 Å². The number of aromatic nitrogens is 1. The molecule has 112 valence electrons. The largest absolute Gasteiger partial charge is 0.495 e. The molecule has 3 nitrogen and oxygen atoms in total. The minimum absolute atomic E-state index is 0.0383. The number of nitrogens with zero attached hydrogens (tertiary/aromatic N) is 1. The molecule has 0 fully saturated rings. The van der Waals surface area contributed by atoms with Crippen LogP contribution in [0.4, 0.5) is 0 Å². The Morgan fingerprint density at radius 1 is 1.33 bits per heavy atom. The van der Waals surface area contributed by atoms with E-state index in [-0.39, 0.29) is 6.04 Å². The predicted molar refractivity (Wildman–Crippen MR) is 93.2 cm³/mol. The topological polar surface area (TPSA) is 34.1 Å². The van der Waals surface area contributed by atoms with Gasteiger partial charge in [-0.15, -0.1) is 0 Å². The van der Waals surface area contributed by atoms with E-state index in [2.05, 4.69) is 49.1 Å². The van der Waals surface area contributed by atoms with Crippen molar-refractivity contribution in [2.24, 2.45) is 0 Å². The van der Waals surface area contributed by atoms with Crippen LogP contribution in [0.15, 0.2) is 39.4 Å². The molecule has 6 heteroatoms. The van der Waals surface area contributed by atoms with Crippen LogP contribution in [0.2, 0.25) is 5.02 Å². The van der Waals surface area contributed by atoms with E-state index >= 15 is 0 Å². The van der Waals surface area contributed by atoms with E-state index in [1.54, 1.807) is 13.3 Å². The predicted octanol–water partition coefficient (Wildman–Crippen LogP) is 4.97. The normalized spacial score (nSPS) is 12.2. The molecule has 1 aromatic carbocycles. The highest BCUT2D eigenvalue weighted by Gasteiger charge is 2.19. The number of pyridine rings is 1. The summed E-state index contributed by atoms with van der Waals surface area (Å²) >= 11 is 13.1. The van der Waals surface area contributed by atoms with E-state index in [0.29, 0.717) is 10.8 Å². The summed E-state index contributed by atoms with van der Waals surface area (Å²) in [4.78, 5) is 4.52. The monoisotopic (exact) mass is 432 g/mol. The number of halogens is 3. The average Bonchev–Trinajstić information content (AvgIpc) is 2.46. The van der Waals surface area contributed by atoms with Crippen LogP contribution in [0.25, 0.3) is 0 Å². The van der Waals surface area contributed by atoms with Crippen molar-refractivity contribution in [2.45, 2.75) is 13.0 Å². The van der Waals surface area contributed by atoms with Crippen LogP contribution in [-0.2, 0) is 0 Å². The molecule has 1 unspecified atom stereocenters. The van der Waals surface area contributed by atoms with Gasteiger partial charge < -0.3 is 10.1 Å². The van der Waals surface area contributed by atoms with Gasteiger partial charge in [0, 0.05) is 15.1 Å². The zero-order valence-corrected chi connectivity index (χ0v) is 15.6. The first-order valence-corrected chi connectivity index (χ1v) is 8.41. The number of rotatable bonds is 5. The Morgan fingerprint density at radius 3 is 2.71 bits per heavy atom. The third-order valence-electron chi connectivity index (χ3n) is 3.03. The van der Waals surface area contributed by atoms with Crippen LogP contribution in [0.1, 0.15) is 24.2 Å². The Hall–Kier alpha value is -0.620. The van der Waals surface area contributed by atoms with Crippen molar-refractivity contribution < 1.29 is 4.74 Å². The van der Waals surface area contributed by atoms with Crippen molar-refractivity contribution in [3.8, 4) is 5.75 Å². The Morgan fingerprint density at radius 2 is 2.10 bits per heavy atom. The molecule has 0 amide bonds. The summed E-state index contributed by atoms with van der Waals surface area (Å²) in [6.45, 7) is 2.88. The van der Waals surface area contributed by atoms with E-state index < -0.39 is 0 Å². The number of hydrogen-bond donors (Lipinski definition) is 1. The summed E-state index contributed by atoms with van der Waals surface area (Å²) < 4.78 is 7.17. The summed E-state index contributed by atoms with van der Waals surface area (Å²) in [5.74, 6) is 0.658. The highest BCUT2D eigenvalue weighted by atomic mass is 79.9. The zero-order valence-electron chi connectivity index (χ0n) is 11.7. The lowest BCUT2D eigenvalue weighted by molar-refractivity contribution is 0.414. The molecule has 0 saturated carbocycles. The molecule has 0 spiro atoms. The molecule has 0 aliphatic heterocycles. The molecule has 21 heavy (non-hydrogen) atoms. The molecule has 0 aliphatic carbocycles. The molecule has 0 bridgehead atoms. The lowest BCUT2D eigenvalue weighted by atomic mass is 10.0. The number of hydrogen-bond acceptors (Lipinski definition) is 3. The number of benzene rings is 1. The summed E-state index contributed by atoms with van der Waals surface area (Å²) in [7, 11) is 1.61. The van der Waals surface area contributed by atoms with Crippen LogP contribution in [0.5, 0.6) is 5.75 Å². The van der Waals surface area contributed by atoms with Crippen molar-refractivity contribution in [3.63, 3.8) is 0 Å². The molecular weight excluding hydrogens is 419 g/mol. The second-order valence-electron chi connectivity index (χ2n) is 4.41. The minimum Gasteiger partial charge on any atom is -0.495 e. The van der Waals surface area contributed by atoms with Crippen LogP contribution < -0.4 is 10.1 Å². The van der Waals surface area contributed by atoms with Gasteiger partial charge in [-0.05, 0) is 62.2 Å². The van der Waals surface area contributed by atoms with Gasteiger partial charge in [0.15, 0.2) is 0 Å². The molecule has 0 radical (unpaired) electrons. The summed E-state index contributed by atoms with van der Waals surface area (Å²) in [5.41, 5.74) is 1.97. The standard InChI is InChI=1S/C15H15Br2ClN2O/c1-3-19-14(15-11(17)7-10(16)8-20-15)9-4-5-12(18)13(6-9)21-2/h4-8,14,19H,3H2,1-2H3. The quantitative estimate of drug-likeness (QED) is 0.722. The zero-order chi connectivity index (χ0) is 15.4. The molecule has 1 aromatic heterocycles. The fourth-order valence-electron chi connectivity index (χ4n) is 2.07. The number of methoxy groups -OCH3 is 1. The SMILES string of the molecule is CCNC(c1ccc(Cl)c(OC)c1)c1ncc(Br)cc1Br. The molecule has 2 aromatic rings. The van der Waals surface area contributed by atoms with Crippen LogP contribution in [-0.4, -0.2) is 18.6 Å². The smallest absolute Gasteiger partial charge is 0.137 e. The van der Waals surface area contributed by atoms with Gasteiger partial charge in [-0.1, -0.05) is 24.6 Å². The second-order valence-corrected chi connectivity index (χ2v) is 6.58. The van der Waals surface area contributed by atoms with Crippen LogP contribution >= 0.6 is 43.5 Å². The molecule has 1 atom stereocenters. The number of ether oxygens (including phenoxy) is 1. The van der Waals surface area contributed by atoms with E-state index in [0.717, 1.165) is 26.7 Å². The Balaban J connectivity index is 2.47. The third-order valence-corrected chi connectivity index (χ3v) is 4.41. The second kappa shape index (κ2) is 7.58. The van der Waals surface area contributed by atoms with Gasteiger partial charge in [0.1, 0.15) is 5.75 Å². The minimum atomic E-state index is -0.0383. The third kappa shape index (κ3) is 3.97. The van der Waals surface area contributed by atoms with Gasteiger partial charge in [-0.3, -0.25) is 4.98 Å². The maximum atomic E-state index is 6.10. The van der Waals surface area contributed by atoms with Gasteiger partial charge in [0.25, 0.3) is 0 Å². The van der Waals surface area contributed by atoms with Crippen molar-refractivity contribution in [1.82, 2.24) is 10.3 Å². The van der Waals surface area contributed by atoms with E-state index in [9.17, 15) is 0 Å². The van der Waals surface area contributed by atoms with Gasteiger partial charge in [-0.2, -0.15) is 0 Å². The molecule has 2 rings (SSSR count). The molecular formula is C15H15Br2ClN2O. The average molecular weight is 435 g/mol. The van der Waals surface area contributed by atoms with Gasteiger partial charge in [-0.25, -0.2) is 0 Å². The highest BCUT2D eigenvalue weighted by Crippen LogP contribution is 2.33. The van der Waals surface area contributed by atoms with Crippen LogP contribution in [0.3, 0.4) is 0 Å². The molecule has 1 N–H and O–H groups in total. The first-order valence-electron chi connectivity index (χ1n) is 6.44. The summed E-state index contributed by atoms with van der Waals surface area (Å²) in [6, 6.07) is 7.70. The highest BCUT2D eigenvalue weighted by molar-refractivity contribution is 9.11. The molecule has 1 heterocycles. The first-order chi connectivity index (χ1) is 10.1. The van der Waals surface area contributed by atoms with Crippen molar-refractivity contribution in [2.75, 3.05) is 13.7 Å². The van der Waals surface area contributed by atoms with Gasteiger partial charge >= 0.3 is 0 Å². The van der Waals surface area contributed by atoms with Gasteiger partial charge in [0.05, 0.1) is 23.9 Å². The lowest BCUT2D eigenvalue weighted by Crippen LogP contribution is -2.23.